The van der Waals surface area contributed by atoms with Gasteiger partial charge in [0, 0.05) is 32.1 Å². The summed E-state index contributed by atoms with van der Waals surface area (Å²) >= 11 is 0. The summed E-state index contributed by atoms with van der Waals surface area (Å²) in [5.41, 5.74) is 1.56. The van der Waals surface area contributed by atoms with E-state index in [0.29, 0.717) is 0 Å². The Bertz CT molecular complexity index is 229. The number of hydrogen-bond donors (Lipinski definition) is 0. The van der Waals surface area contributed by atoms with Gasteiger partial charge in [0.05, 0.1) is 0 Å². The highest BCUT2D eigenvalue weighted by molar-refractivity contribution is 5.21. The summed E-state index contributed by atoms with van der Waals surface area (Å²) in [7, 11) is 4.33. The van der Waals surface area contributed by atoms with Gasteiger partial charge < -0.3 is 4.90 Å². The van der Waals surface area contributed by atoms with Crippen molar-refractivity contribution >= 4 is 0 Å². The highest BCUT2D eigenvalue weighted by Gasteiger charge is 2.19. The topological polar surface area (TPSA) is 6.48 Å². The fraction of sp³-hybridized carbons (Fsp3) is 0.733. The van der Waals surface area contributed by atoms with Crippen molar-refractivity contribution in [2.75, 3.05) is 40.3 Å². The molecule has 0 spiro atoms. The first-order valence-corrected chi connectivity index (χ1v) is 4.97. The molecule has 2 aliphatic heterocycles. The monoisotopic (exact) mass is 242 g/mol. The van der Waals surface area contributed by atoms with E-state index in [1.807, 2.05) is 0 Å². The summed E-state index contributed by atoms with van der Waals surface area (Å²) in [6.45, 7) is 4.79. The maximum Gasteiger partial charge on any atom is 0.0209 e. The molecular formula is C15H34N2. The van der Waals surface area contributed by atoms with Gasteiger partial charge >= 0.3 is 0 Å². The zero-order valence-electron chi connectivity index (χ0n) is 8.53. The molecule has 0 N–H and O–H groups in total. The molecule has 0 atom stereocenters. The second-order valence-corrected chi connectivity index (χ2v) is 4.36. The first-order valence-electron chi connectivity index (χ1n) is 4.97. The third-order valence-corrected chi connectivity index (χ3v) is 2.75. The lowest BCUT2D eigenvalue weighted by Crippen LogP contribution is -2.42. The molecule has 0 aromatic heterocycles. The molecule has 0 radical (unpaired) electrons. The minimum absolute atomic E-state index is 0. The van der Waals surface area contributed by atoms with Crippen LogP contribution >= 0.6 is 0 Å². The average molecular weight is 242 g/mol. The van der Waals surface area contributed by atoms with Gasteiger partial charge in [-0.1, -0.05) is 47.9 Å². The van der Waals surface area contributed by atoms with E-state index in [1.54, 1.807) is 5.57 Å². The summed E-state index contributed by atoms with van der Waals surface area (Å²) in [6, 6.07) is 0. The van der Waals surface area contributed by atoms with Crippen molar-refractivity contribution in [2.45, 2.75) is 29.7 Å². The van der Waals surface area contributed by atoms with Crippen LogP contribution in [-0.4, -0.2) is 50.1 Å². The van der Waals surface area contributed by atoms with Crippen LogP contribution in [0.25, 0.3) is 0 Å². The van der Waals surface area contributed by atoms with Crippen LogP contribution in [0, 0.1) is 5.92 Å². The summed E-state index contributed by atoms with van der Waals surface area (Å²) in [6.07, 6.45) is 6.85. The molecule has 0 amide bonds. The normalized spacial score (nSPS) is 20.0. The van der Waals surface area contributed by atoms with E-state index in [9.17, 15) is 0 Å². The Balaban J connectivity index is -0.000000490. The van der Waals surface area contributed by atoms with Crippen molar-refractivity contribution in [3.63, 3.8) is 0 Å². The van der Waals surface area contributed by atoms with Gasteiger partial charge in [-0.05, 0) is 19.7 Å². The molecule has 0 aliphatic carbocycles. The van der Waals surface area contributed by atoms with E-state index < -0.39 is 0 Å². The highest BCUT2D eigenvalue weighted by Crippen LogP contribution is 2.15. The molecule has 0 unspecified atom stereocenters. The van der Waals surface area contributed by atoms with Crippen LogP contribution in [0.2, 0.25) is 0 Å². The van der Waals surface area contributed by atoms with E-state index in [2.05, 4.69) is 42.1 Å². The largest absolute Gasteiger partial charge is 0.305 e. The maximum atomic E-state index is 2.35. The Morgan fingerprint density at radius 1 is 0.941 bits per heavy atom. The number of allylic oxidation sites excluding steroid dienone is 2. The summed E-state index contributed by atoms with van der Waals surface area (Å²) in [5.74, 6) is 0.805. The van der Waals surface area contributed by atoms with Gasteiger partial charge in [-0.3, -0.25) is 4.90 Å². The quantitative estimate of drug-likeness (QED) is 0.731. The fourth-order valence-corrected chi connectivity index (χ4v) is 1.97. The molecule has 2 nitrogen and oxygen atoms in total. The summed E-state index contributed by atoms with van der Waals surface area (Å²) in [4.78, 5) is 4.66. The molecule has 0 saturated carbocycles. The number of rotatable bonds is 2. The van der Waals surface area contributed by atoms with Crippen LogP contribution in [-0.2, 0) is 0 Å². The Kier molecular flexibility index (Phi) is 12.0. The van der Waals surface area contributed by atoms with E-state index in [1.165, 1.54) is 13.1 Å². The lowest BCUT2D eigenvalue weighted by Gasteiger charge is -2.34. The zero-order chi connectivity index (χ0) is 9.26. The average Bonchev–Trinajstić information content (AvgIpc) is 1.97. The van der Waals surface area contributed by atoms with Crippen molar-refractivity contribution in [2.24, 2.45) is 5.92 Å². The highest BCUT2D eigenvalue weighted by atomic mass is 15.2. The maximum absolute atomic E-state index is 2.35. The molecule has 2 rings (SSSR count). The predicted octanol–water partition coefficient (Wildman–Crippen LogP) is 3.52. The van der Waals surface area contributed by atoms with E-state index in [0.717, 1.165) is 19.0 Å². The number of hydrogen-bond acceptors (Lipinski definition) is 2. The van der Waals surface area contributed by atoms with Crippen molar-refractivity contribution in [1.29, 1.82) is 0 Å². The van der Waals surface area contributed by atoms with E-state index in [-0.39, 0.29) is 29.7 Å². The molecule has 2 fully saturated rings. The molecule has 0 bridgehead atoms. The molecular weight excluding hydrogens is 208 g/mol. The predicted molar refractivity (Wildman–Crippen MR) is 82.6 cm³/mol. The minimum atomic E-state index is 0. The Labute approximate surface area is 110 Å². The van der Waals surface area contributed by atoms with Gasteiger partial charge in [0.2, 0.25) is 0 Å². The van der Waals surface area contributed by atoms with Gasteiger partial charge in [-0.25, -0.2) is 0 Å². The van der Waals surface area contributed by atoms with E-state index >= 15 is 0 Å². The van der Waals surface area contributed by atoms with Crippen molar-refractivity contribution in [3.8, 4) is 0 Å². The van der Waals surface area contributed by atoms with Crippen LogP contribution in [0.5, 0.6) is 0 Å². The number of likely N-dealkylation sites (N-methyl/N-ethyl adjacent to an activating group) is 1. The molecule has 104 valence electrons. The zero-order valence-corrected chi connectivity index (χ0v) is 8.53. The second-order valence-electron chi connectivity index (χ2n) is 4.36. The Morgan fingerprint density at radius 2 is 1.47 bits per heavy atom. The van der Waals surface area contributed by atoms with Crippen LogP contribution in [0.1, 0.15) is 29.7 Å². The third-order valence-electron chi connectivity index (χ3n) is 2.75. The smallest absolute Gasteiger partial charge is 0.0209 e. The SMILES string of the molecule is C.C.C.C.CN1CC(=CC=CC2CN(C)C2)C1. The molecule has 0 aromatic carbocycles. The van der Waals surface area contributed by atoms with Gasteiger partial charge in [0.15, 0.2) is 0 Å². The molecule has 17 heavy (non-hydrogen) atoms. The van der Waals surface area contributed by atoms with Crippen molar-refractivity contribution in [3.05, 3.63) is 23.8 Å². The summed E-state index contributed by atoms with van der Waals surface area (Å²) < 4.78 is 0. The van der Waals surface area contributed by atoms with E-state index in [4.69, 9.17) is 0 Å². The lowest BCUT2D eigenvalue weighted by atomic mass is 10.00. The number of likely N-dealkylation sites (tertiary alicyclic amines) is 2. The van der Waals surface area contributed by atoms with Gasteiger partial charge in [-0.2, -0.15) is 0 Å². The molecule has 2 saturated heterocycles. The summed E-state index contributed by atoms with van der Waals surface area (Å²) in [5, 5.41) is 0. The Hall–Kier alpha value is -0.600. The Morgan fingerprint density at radius 3 is 1.88 bits per heavy atom. The molecule has 2 heteroatoms. The third kappa shape index (κ3) is 6.04. The standard InChI is InChI=1S/C11H18N2.4CH4/c1-12-6-10(7-12)4-3-5-11-8-13(2)9-11;;;;/h3-5,10H,6-9H2,1-2H3;4*1H4. The van der Waals surface area contributed by atoms with Crippen LogP contribution in [0.4, 0.5) is 0 Å². The minimum Gasteiger partial charge on any atom is -0.305 e. The van der Waals surface area contributed by atoms with Gasteiger partial charge in [0.1, 0.15) is 0 Å². The molecule has 2 aliphatic rings. The first-order chi connectivity index (χ1) is 6.24. The molecule has 0 aromatic rings. The fourth-order valence-electron chi connectivity index (χ4n) is 1.97. The van der Waals surface area contributed by atoms with Gasteiger partial charge in [-0.15, -0.1) is 0 Å². The lowest BCUT2D eigenvalue weighted by molar-refractivity contribution is 0.170. The number of nitrogens with zero attached hydrogens (tertiary/aromatic N) is 2. The first kappa shape index (κ1) is 21.7. The van der Waals surface area contributed by atoms with Crippen molar-refractivity contribution < 1.29 is 0 Å². The van der Waals surface area contributed by atoms with Crippen LogP contribution < -0.4 is 0 Å². The second kappa shape index (κ2) is 9.43. The van der Waals surface area contributed by atoms with Crippen LogP contribution in [0.15, 0.2) is 23.8 Å². The molecule has 2 heterocycles. The van der Waals surface area contributed by atoms with Crippen molar-refractivity contribution in [1.82, 2.24) is 9.80 Å². The van der Waals surface area contributed by atoms with Crippen LogP contribution in [0.3, 0.4) is 0 Å². The van der Waals surface area contributed by atoms with Gasteiger partial charge in [0.25, 0.3) is 0 Å².